The van der Waals surface area contributed by atoms with Crippen molar-refractivity contribution >= 4 is 22.8 Å². The smallest absolute Gasteiger partial charge is 0.298 e. The normalized spacial score (nSPS) is 15.2. The molecule has 0 unspecified atom stereocenters. The molecule has 1 aliphatic carbocycles. The fourth-order valence-electron chi connectivity index (χ4n) is 2.24. The third kappa shape index (κ3) is 2.15. The average Bonchev–Trinajstić information content (AvgIpc) is 3.06. The number of anilines is 2. The minimum Gasteiger partial charge on any atom is -0.423 e. The summed E-state index contributed by atoms with van der Waals surface area (Å²) < 4.78 is 5.83. The molecule has 0 saturated heterocycles. The van der Waals surface area contributed by atoms with E-state index in [1.807, 2.05) is 18.2 Å². The van der Waals surface area contributed by atoms with Gasteiger partial charge in [-0.05, 0) is 37.3 Å². The number of oxazole rings is 1. The Balaban J connectivity index is 1.92. The first-order chi connectivity index (χ1) is 8.78. The summed E-state index contributed by atoms with van der Waals surface area (Å²) in [4.78, 5) is 6.79. The van der Waals surface area contributed by atoms with Gasteiger partial charge >= 0.3 is 0 Å². The van der Waals surface area contributed by atoms with Crippen LogP contribution in [-0.4, -0.2) is 18.1 Å². The van der Waals surface area contributed by atoms with E-state index >= 15 is 0 Å². The van der Waals surface area contributed by atoms with Gasteiger partial charge < -0.3 is 15.1 Å². The molecule has 0 bridgehead atoms. The van der Waals surface area contributed by atoms with Crippen LogP contribution in [0.2, 0.25) is 0 Å². The van der Waals surface area contributed by atoms with Gasteiger partial charge in [-0.25, -0.2) is 0 Å². The summed E-state index contributed by atoms with van der Waals surface area (Å²) in [5, 5.41) is 0. The van der Waals surface area contributed by atoms with Crippen molar-refractivity contribution < 1.29 is 4.42 Å². The van der Waals surface area contributed by atoms with E-state index in [4.69, 9.17) is 10.2 Å². The molecular formula is C14H19N3O. The van der Waals surface area contributed by atoms with Crippen LogP contribution < -0.4 is 10.6 Å². The van der Waals surface area contributed by atoms with Crippen LogP contribution in [0.3, 0.4) is 0 Å². The fourth-order valence-corrected chi connectivity index (χ4v) is 2.24. The molecule has 1 aromatic heterocycles. The van der Waals surface area contributed by atoms with Crippen LogP contribution in [0.15, 0.2) is 22.6 Å². The van der Waals surface area contributed by atoms with Gasteiger partial charge in [0.15, 0.2) is 5.58 Å². The molecule has 0 atom stereocenters. The number of nitrogens with two attached hydrogens (primary N) is 1. The molecule has 0 radical (unpaired) electrons. The quantitative estimate of drug-likeness (QED) is 0.823. The fraction of sp³-hybridized carbons (Fsp3) is 0.500. The third-order valence-corrected chi connectivity index (χ3v) is 3.38. The second-order valence-corrected chi connectivity index (χ2v) is 5.08. The monoisotopic (exact) mass is 245 g/mol. The Morgan fingerprint density at radius 3 is 2.94 bits per heavy atom. The van der Waals surface area contributed by atoms with Crippen molar-refractivity contribution in [3.63, 3.8) is 0 Å². The number of fused-ring (bicyclic) bond motifs is 1. The van der Waals surface area contributed by atoms with Crippen molar-refractivity contribution in [1.82, 2.24) is 4.98 Å². The predicted octanol–water partition coefficient (Wildman–Crippen LogP) is 3.04. The van der Waals surface area contributed by atoms with Gasteiger partial charge in [0.05, 0.1) is 5.69 Å². The van der Waals surface area contributed by atoms with E-state index < -0.39 is 0 Å². The molecule has 0 aliphatic heterocycles. The number of benzene rings is 1. The highest BCUT2D eigenvalue weighted by molar-refractivity contribution is 5.86. The van der Waals surface area contributed by atoms with Gasteiger partial charge in [0.2, 0.25) is 0 Å². The Morgan fingerprint density at radius 1 is 1.44 bits per heavy atom. The summed E-state index contributed by atoms with van der Waals surface area (Å²) in [5.41, 5.74) is 8.16. The molecule has 4 heteroatoms. The Hall–Kier alpha value is -1.71. The van der Waals surface area contributed by atoms with Crippen molar-refractivity contribution in [2.24, 2.45) is 5.92 Å². The zero-order valence-electron chi connectivity index (χ0n) is 10.7. The van der Waals surface area contributed by atoms with Crippen molar-refractivity contribution in [2.75, 3.05) is 23.7 Å². The van der Waals surface area contributed by atoms with Gasteiger partial charge in [-0.3, -0.25) is 0 Å². The number of para-hydroxylation sites is 1. The zero-order valence-corrected chi connectivity index (χ0v) is 10.7. The number of hydrogen-bond donors (Lipinski definition) is 1. The molecule has 1 saturated carbocycles. The highest BCUT2D eigenvalue weighted by Gasteiger charge is 2.26. The second-order valence-electron chi connectivity index (χ2n) is 5.08. The van der Waals surface area contributed by atoms with E-state index in [2.05, 4.69) is 16.8 Å². The van der Waals surface area contributed by atoms with Crippen molar-refractivity contribution in [2.45, 2.75) is 26.2 Å². The minimum atomic E-state index is 0.686. The lowest BCUT2D eigenvalue weighted by molar-refractivity contribution is 0.553. The lowest BCUT2D eigenvalue weighted by Crippen LogP contribution is -2.26. The molecule has 96 valence electrons. The van der Waals surface area contributed by atoms with E-state index in [1.54, 1.807) is 0 Å². The third-order valence-electron chi connectivity index (χ3n) is 3.38. The van der Waals surface area contributed by atoms with Gasteiger partial charge in [-0.2, -0.15) is 4.98 Å². The maximum Gasteiger partial charge on any atom is 0.298 e. The van der Waals surface area contributed by atoms with Crippen molar-refractivity contribution in [3.05, 3.63) is 18.2 Å². The molecule has 18 heavy (non-hydrogen) atoms. The molecule has 2 aromatic rings. The Kier molecular flexibility index (Phi) is 2.86. The van der Waals surface area contributed by atoms with Crippen LogP contribution in [0.25, 0.3) is 11.1 Å². The number of rotatable bonds is 5. The summed E-state index contributed by atoms with van der Waals surface area (Å²) in [6.45, 7) is 4.22. The Morgan fingerprint density at radius 2 is 2.28 bits per heavy atom. The first kappa shape index (κ1) is 11.4. The van der Waals surface area contributed by atoms with Gasteiger partial charge in [-0.15, -0.1) is 0 Å². The molecule has 4 nitrogen and oxygen atoms in total. The molecule has 3 rings (SSSR count). The SMILES string of the molecule is CCCN(CC1CC1)c1nc2c(N)cccc2o1. The summed E-state index contributed by atoms with van der Waals surface area (Å²) >= 11 is 0. The molecule has 1 aromatic carbocycles. The molecule has 1 fully saturated rings. The maximum absolute atomic E-state index is 5.92. The molecule has 1 heterocycles. The highest BCUT2D eigenvalue weighted by Crippen LogP contribution is 2.32. The van der Waals surface area contributed by atoms with Crippen LogP contribution in [0.4, 0.5) is 11.7 Å². The lowest BCUT2D eigenvalue weighted by atomic mass is 10.3. The highest BCUT2D eigenvalue weighted by atomic mass is 16.4. The Labute approximate surface area is 107 Å². The lowest BCUT2D eigenvalue weighted by Gasteiger charge is -2.19. The van der Waals surface area contributed by atoms with Gasteiger partial charge in [0.1, 0.15) is 5.52 Å². The van der Waals surface area contributed by atoms with E-state index in [1.165, 1.54) is 12.8 Å². The van der Waals surface area contributed by atoms with E-state index in [0.29, 0.717) is 5.69 Å². The standard InChI is InChI=1S/C14H19N3O/c1-2-8-17(9-10-6-7-10)14-16-13-11(15)4-3-5-12(13)18-14/h3-5,10H,2,6-9,15H2,1H3. The topological polar surface area (TPSA) is 55.3 Å². The number of nitrogens with zero attached hydrogens (tertiary/aromatic N) is 2. The van der Waals surface area contributed by atoms with Crippen LogP contribution in [-0.2, 0) is 0 Å². The van der Waals surface area contributed by atoms with Crippen LogP contribution in [0, 0.1) is 5.92 Å². The first-order valence-corrected chi connectivity index (χ1v) is 6.68. The predicted molar refractivity (Wildman–Crippen MR) is 73.6 cm³/mol. The molecule has 1 aliphatic rings. The molecular weight excluding hydrogens is 226 g/mol. The largest absolute Gasteiger partial charge is 0.423 e. The number of aromatic nitrogens is 1. The summed E-state index contributed by atoms with van der Waals surface area (Å²) in [6.07, 6.45) is 3.77. The minimum absolute atomic E-state index is 0.686. The number of hydrogen-bond acceptors (Lipinski definition) is 4. The summed E-state index contributed by atoms with van der Waals surface area (Å²) in [7, 11) is 0. The molecule has 0 spiro atoms. The molecule has 0 amide bonds. The maximum atomic E-state index is 5.92. The van der Waals surface area contributed by atoms with E-state index in [9.17, 15) is 0 Å². The van der Waals surface area contributed by atoms with Crippen molar-refractivity contribution in [1.29, 1.82) is 0 Å². The van der Waals surface area contributed by atoms with Gasteiger partial charge in [0, 0.05) is 13.1 Å². The molecule has 2 N–H and O–H groups in total. The first-order valence-electron chi connectivity index (χ1n) is 6.68. The summed E-state index contributed by atoms with van der Waals surface area (Å²) in [5.74, 6) is 0.823. The van der Waals surface area contributed by atoms with Gasteiger partial charge in [0.25, 0.3) is 6.01 Å². The van der Waals surface area contributed by atoms with Crippen LogP contribution in [0.5, 0.6) is 0 Å². The zero-order chi connectivity index (χ0) is 12.5. The van der Waals surface area contributed by atoms with Crippen LogP contribution in [0.1, 0.15) is 26.2 Å². The average molecular weight is 245 g/mol. The second kappa shape index (κ2) is 4.52. The summed E-state index contributed by atoms with van der Waals surface area (Å²) in [6, 6.07) is 6.40. The Bertz CT molecular complexity index is 545. The van der Waals surface area contributed by atoms with Crippen LogP contribution >= 0.6 is 0 Å². The van der Waals surface area contributed by atoms with E-state index in [-0.39, 0.29) is 0 Å². The van der Waals surface area contributed by atoms with Crippen molar-refractivity contribution in [3.8, 4) is 0 Å². The van der Waals surface area contributed by atoms with Gasteiger partial charge in [-0.1, -0.05) is 13.0 Å². The van der Waals surface area contributed by atoms with E-state index in [0.717, 1.165) is 42.5 Å². The number of nitrogen functional groups attached to an aromatic ring is 1.